The molecular weight excluding hydrogens is 260 g/mol. The fourth-order valence-corrected chi connectivity index (χ4v) is 2.30. The summed E-state index contributed by atoms with van der Waals surface area (Å²) >= 11 is 0. The number of benzene rings is 1. The molecule has 0 fully saturated rings. The van der Waals surface area contributed by atoms with Crippen molar-refractivity contribution in [3.05, 3.63) is 66.0 Å². The van der Waals surface area contributed by atoms with Gasteiger partial charge in [0.25, 0.3) is 0 Å². The molecule has 0 bridgehead atoms. The van der Waals surface area contributed by atoms with Crippen LogP contribution in [0.2, 0.25) is 0 Å². The van der Waals surface area contributed by atoms with E-state index in [0.29, 0.717) is 6.54 Å². The first-order valence-electron chi connectivity index (χ1n) is 7.35. The second-order valence-electron chi connectivity index (χ2n) is 5.54. The van der Waals surface area contributed by atoms with Gasteiger partial charge in [-0.1, -0.05) is 50.2 Å². The lowest BCUT2D eigenvalue weighted by Crippen LogP contribution is -2.36. The minimum Gasteiger partial charge on any atom is -0.330 e. The van der Waals surface area contributed by atoms with Crippen LogP contribution in [0.3, 0.4) is 0 Å². The summed E-state index contributed by atoms with van der Waals surface area (Å²) in [6.07, 6.45) is 1.77. The quantitative estimate of drug-likeness (QED) is 0.835. The van der Waals surface area contributed by atoms with E-state index in [1.165, 1.54) is 0 Å². The van der Waals surface area contributed by atoms with Gasteiger partial charge in [-0.3, -0.25) is 9.78 Å². The van der Waals surface area contributed by atoms with Crippen LogP contribution in [0.25, 0.3) is 0 Å². The van der Waals surface area contributed by atoms with Crippen LogP contribution >= 0.6 is 0 Å². The third kappa shape index (κ3) is 3.91. The van der Waals surface area contributed by atoms with Gasteiger partial charge in [-0.2, -0.15) is 0 Å². The number of carbonyl (C=O) groups excluding carboxylic acids is 1. The van der Waals surface area contributed by atoms with Crippen molar-refractivity contribution in [2.45, 2.75) is 33.4 Å². The molecule has 1 aromatic heterocycles. The Bertz CT molecular complexity index is 566. The van der Waals surface area contributed by atoms with Crippen LogP contribution in [0, 0.1) is 5.92 Å². The first-order chi connectivity index (χ1) is 10.1. The Kier molecular flexibility index (Phi) is 5.09. The molecule has 1 heterocycles. The normalized spacial score (nSPS) is 12.2. The maximum absolute atomic E-state index is 12.6. The average Bonchev–Trinajstić information content (AvgIpc) is 2.53. The van der Waals surface area contributed by atoms with Crippen LogP contribution in [0.4, 0.5) is 0 Å². The van der Waals surface area contributed by atoms with Gasteiger partial charge in [0.2, 0.25) is 5.91 Å². The van der Waals surface area contributed by atoms with Gasteiger partial charge in [-0.15, -0.1) is 0 Å². The lowest BCUT2D eigenvalue weighted by molar-refractivity contribution is -0.137. The summed E-state index contributed by atoms with van der Waals surface area (Å²) in [5.74, 6) is 0.122. The predicted octanol–water partition coefficient (Wildman–Crippen LogP) is 3.83. The summed E-state index contributed by atoms with van der Waals surface area (Å²) in [7, 11) is 0. The number of rotatable bonds is 5. The Morgan fingerprint density at radius 2 is 1.71 bits per heavy atom. The van der Waals surface area contributed by atoms with Gasteiger partial charge in [-0.05, 0) is 24.6 Å². The highest BCUT2D eigenvalue weighted by Gasteiger charge is 2.24. The standard InChI is InChI=1S/C18H22N2O/c1-14(2)18(21)20(13-16-9-5-4-6-10-16)15(3)17-11-7-8-12-19-17/h4-12,14-15H,13H2,1-3H3/t15-/m1/s1. The van der Waals surface area contributed by atoms with Crippen molar-refractivity contribution in [1.82, 2.24) is 9.88 Å². The molecule has 110 valence electrons. The topological polar surface area (TPSA) is 33.2 Å². The number of hydrogen-bond donors (Lipinski definition) is 0. The van der Waals surface area contributed by atoms with Crippen molar-refractivity contribution in [3.63, 3.8) is 0 Å². The first kappa shape index (κ1) is 15.2. The molecule has 0 radical (unpaired) electrons. The molecule has 21 heavy (non-hydrogen) atoms. The molecule has 0 spiro atoms. The lowest BCUT2D eigenvalue weighted by atomic mass is 10.1. The van der Waals surface area contributed by atoms with Crippen molar-refractivity contribution in [3.8, 4) is 0 Å². The van der Waals surface area contributed by atoms with E-state index in [0.717, 1.165) is 11.3 Å². The SMILES string of the molecule is CC(C)C(=O)N(Cc1ccccc1)[C@H](C)c1ccccn1. The van der Waals surface area contributed by atoms with Crippen LogP contribution in [-0.4, -0.2) is 15.8 Å². The number of pyridine rings is 1. The van der Waals surface area contributed by atoms with Gasteiger partial charge in [-0.25, -0.2) is 0 Å². The number of carbonyl (C=O) groups is 1. The van der Waals surface area contributed by atoms with Crippen molar-refractivity contribution < 1.29 is 4.79 Å². The van der Waals surface area contributed by atoms with Crippen molar-refractivity contribution >= 4 is 5.91 Å². The molecule has 0 aliphatic rings. The summed E-state index contributed by atoms with van der Waals surface area (Å²) in [4.78, 5) is 18.9. The van der Waals surface area contributed by atoms with Crippen LogP contribution in [0.1, 0.15) is 38.1 Å². The monoisotopic (exact) mass is 282 g/mol. The highest BCUT2D eigenvalue weighted by molar-refractivity contribution is 5.78. The van der Waals surface area contributed by atoms with E-state index in [-0.39, 0.29) is 17.9 Å². The summed E-state index contributed by atoms with van der Waals surface area (Å²) < 4.78 is 0. The zero-order valence-electron chi connectivity index (χ0n) is 12.9. The summed E-state index contributed by atoms with van der Waals surface area (Å²) in [6.45, 7) is 6.51. The minimum atomic E-state index is -0.0405. The van der Waals surface area contributed by atoms with E-state index < -0.39 is 0 Å². The van der Waals surface area contributed by atoms with Gasteiger partial charge in [0.15, 0.2) is 0 Å². The van der Waals surface area contributed by atoms with Crippen molar-refractivity contribution in [1.29, 1.82) is 0 Å². The molecule has 0 aliphatic heterocycles. The third-order valence-electron chi connectivity index (χ3n) is 3.56. The van der Waals surface area contributed by atoms with E-state index in [9.17, 15) is 4.79 Å². The van der Waals surface area contributed by atoms with Gasteiger partial charge >= 0.3 is 0 Å². The van der Waals surface area contributed by atoms with E-state index in [1.54, 1.807) is 6.20 Å². The van der Waals surface area contributed by atoms with Gasteiger partial charge in [0.1, 0.15) is 0 Å². The maximum Gasteiger partial charge on any atom is 0.225 e. The number of hydrogen-bond acceptors (Lipinski definition) is 2. The van der Waals surface area contributed by atoms with Crippen molar-refractivity contribution in [2.75, 3.05) is 0 Å². The molecule has 0 unspecified atom stereocenters. The predicted molar refractivity (Wildman–Crippen MR) is 84.5 cm³/mol. The molecule has 1 atom stereocenters. The fraction of sp³-hybridized carbons (Fsp3) is 0.333. The lowest BCUT2D eigenvalue weighted by Gasteiger charge is -2.30. The smallest absolute Gasteiger partial charge is 0.225 e. The molecule has 0 N–H and O–H groups in total. The Morgan fingerprint density at radius 3 is 2.29 bits per heavy atom. The summed E-state index contributed by atoms with van der Waals surface area (Å²) in [5.41, 5.74) is 2.05. The Labute approximate surface area is 126 Å². The van der Waals surface area contributed by atoms with Gasteiger partial charge in [0, 0.05) is 18.7 Å². The van der Waals surface area contributed by atoms with Crippen LogP contribution in [0.5, 0.6) is 0 Å². The Balaban J connectivity index is 2.26. The Hall–Kier alpha value is -2.16. The number of aromatic nitrogens is 1. The molecule has 0 aliphatic carbocycles. The van der Waals surface area contributed by atoms with E-state index in [1.807, 2.05) is 74.2 Å². The third-order valence-corrected chi connectivity index (χ3v) is 3.56. The molecule has 0 saturated carbocycles. The van der Waals surface area contributed by atoms with Crippen LogP contribution < -0.4 is 0 Å². The number of amides is 1. The van der Waals surface area contributed by atoms with Gasteiger partial charge in [0.05, 0.1) is 11.7 Å². The zero-order valence-corrected chi connectivity index (χ0v) is 12.9. The Morgan fingerprint density at radius 1 is 1.05 bits per heavy atom. The largest absolute Gasteiger partial charge is 0.330 e. The highest BCUT2D eigenvalue weighted by atomic mass is 16.2. The molecule has 0 saturated heterocycles. The molecule has 1 aromatic carbocycles. The molecular formula is C18H22N2O. The minimum absolute atomic E-state index is 0.0279. The van der Waals surface area contributed by atoms with E-state index in [4.69, 9.17) is 0 Å². The molecule has 2 aromatic rings. The molecule has 1 amide bonds. The molecule has 2 rings (SSSR count). The van der Waals surface area contributed by atoms with E-state index >= 15 is 0 Å². The summed E-state index contributed by atoms with van der Waals surface area (Å²) in [6, 6.07) is 15.9. The average molecular weight is 282 g/mol. The van der Waals surface area contributed by atoms with Gasteiger partial charge < -0.3 is 4.90 Å². The second-order valence-corrected chi connectivity index (χ2v) is 5.54. The maximum atomic E-state index is 12.6. The zero-order chi connectivity index (χ0) is 15.2. The number of nitrogens with zero attached hydrogens (tertiary/aromatic N) is 2. The first-order valence-corrected chi connectivity index (χ1v) is 7.35. The molecule has 3 heteroatoms. The van der Waals surface area contributed by atoms with E-state index in [2.05, 4.69) is 4.98 Å². The van der Waals surface area contributed by atoms with Crippen LogP contribution in [-0.2, 0) is 11.3 Å². The van der Waals surface area contributed by atoms with Crippen LogP contribution in [0.15, 0.2) is 54.7 Å². The van der Waals surface area contributed by atoms with Crippen molar-refractivity contribution in [2.24, 2.45) is 5.92 Å². The second kappa shape index (κ2) is 7.02. The summed E-state index contributed by atoms with van der Waals surface area (Å²) in [5, 5.41) is 0. The molecule has 3 nitrogen and oxygen atoms in total. The fourth-order valence-electron chi connectivity index (χ4n) is 2.30. The highest BCUT2D eigenvalue weighted by Crippen LogP contribution is 2.22.